The van der Waals surface area contributed by atoms with E-state index in [1.54, 1.807) is 0 Å². The Morgan fingerprint density at radius 1 is 0.905 bits per heavy atom. The van der Waals surface area contributed by atoms with E-state index in [1.807, 2.05) is 77.5 Å². The SMILES string of the molecule is NCc1cccn1-c1ccccc1C(=O)c1ccccc1. The Morgan fingerprint density at radius 2 is 1.62 bits per heavy atom. The number of nitrogens with zero attached hydrogens (tertiary/aromatic N) is 1. The van der Waals surface area contributed by atoms with Crippen LogP contribution in [-0.4, -0.2) is 10.4 Å². The van der Waals surface area contributed by atoms with E-state index >= 15 is 0 Å². The van der Waals surface area contributed by atoms with Gasteiger partial charge in [0.1, 0.15) is 0 Å². The van der Waals surface area contributed by atoms with Gasteiger partial charge in [-0.15, -0.1) is 0 Å². The Kier molecular flexibility index (Phi) is 3.67. The lowest BCUT2D eigenvalue weighted by Crippen LogP contribution is -2.10. The average molecular weight is 276 g/mol. The quantitative estimate of drug-likeness (QED) is 0.744. The number of hydrogen-bond acceptors (Lipinski definition) is 2. The summed E-state index contributed by atoms with van der Waals surface area (Å²) in [6, 6.07) is 20.8. The van der Waals surface area contributed by atoms with Crippen LogP contribution in [-0.2, 0) is 6.54 Å². The molecule has 0 aliphatic rings. The molecule has 0 saturated heterocycles. The lowest BCUT2D eigenvalue weighted by molar-refractivity contribution is 0.103. The van der Waals surface area contributed by atoms with Crippen LogP contribution in [0.4, 0.5) is 0 Å². The molecule has 2 aromatic carbocycles. The number of benzene rings is 2. The fraction of sp³-hybridized carbons (Fsp3) is 0.0556. The minimum absolute atomic E-state index is 0.0165. The molecule has 3 aromatic rings. The highest BCUT2D eigenvalue weighted by molar-refractivity contribution is 6.11. The van der Waals surface area contributed by atoms with Crippen LogP contribution in [0.2, 0.25) is 0 Å². The molecule has 3 rings (SSSR count). The summed E-state index contributed by atoms with van der Waals surface area (Å²) in [6.45, 7) is 0.431. The Labute approximate surface area is 123 Å². The molecule has 0 spiro atoms. The third-order valence-corrected chi connectivity index (χ3v) is 3.49. The van der Waals surface area contributed by atoms with Crippen molar-refractivity contribution < 1.29 is 4.79 Å². The zero-order valence-electron chi connectivity index (χ0n) is 11.6. The zero-order chi connectivity index (χ0) is 14.7. The molecule has 0 unspecified atom stereocenters. The molecule has 0 amide bonds. The molecule has 0 radical (unpaired) electrons. The van der Waals surface area contributed by atoms with Crippen molar-refractivity contribution in [2.45, 2.75) is 6.54 Å². The molecule has 2 N–H and O–H groups in total. The summed E-state index contributed by atoms with van der Waals surface area (Å²) in [6.07, 6.45) is 1.93. The first-order valence-electron chi connectivity index (χ1n) is 6.86. The lowest BCUT2D eigenvalue weighted by atomic mass is 10.0. The number of aromatic nitrogens is 1. The molecule has 0 aliphatic heterocycles. The third-order valence-electron chi connectivity index (χ3n) is 3.49. The first-order chi connectivity index (χ1) is 10.3. The first-order valence-corrected chi connectivity index (χ1v) is 6.86. The van der Waals surface area contributed by atoms with E-state index in [2.05, 4.69) is 0 Å². The molecular weight excluding hydrogens is 260 g/mol. The Morgan fingerprint density at radius 3 is 2.38 bits per heavy atom. The number of nitrogens with two attached hydrogens (primary N) is 1. The van der Waals surface area contributed by atoms with Crippen molar-refractivity contribution in [3.8, 4) is 5.69 Å². The van der Waals surface area contributed by atoms with Crippen molar-refractivity contribution >= 4 is 5.78 Å². The summed E-state index contributed by atoms with van der Waals surface area (Å²) in [7, 11) is 0. The maximum atomic E-state index is 12.7. The molecule has 0 fully saturated rings. The number of hydrogen-bond donors (Lipinski definition) is 1. The predicted octanol–water partition coefficient (Wildman–Crippen LogP) is 3.17. The van der Waals surface area contributed by atoms with E-state index in [0.717, 1.165) is 11.4 Å². The monoisotopic (exact) mass is 276 g/mol. The smallest absolute Gasteiger partial charge is 0.195 e. The molecule has 0 saturated carbocycles. The van der Waals surface area contributed by atoms with Gasteiger partial charge >= 0.3 is 0 Å². The third kappa shape index (κ3) is 2.51. The molecule has 0 aliphatic carbocycles. The number of carbonyl (C=O) groups is 1. The Hall–Kier alpha value is -2.65. The number of carbonyl (C=O) groups excluding carboxylic acids is 1. The van der Waals surface area contributed by atoms with Gasteiger partial charge in [0, 0.05) is 29.6 Å². The average Bonchev–Trinajstić information content (AvgIpc) is 3.03. The van der Waals surface area contributed by atoms with Crippen LogP contribution in [0.3, 0.4) is 0 Å². The van der Waals surface area contributed by atoms with Crippen molar-refractivity contribution in [2.75, 3.05) is 0 Å². The van der Waals surface area contributed by atoms with Gasteiger partial charge in [-0.25, -0.2) is 0 Å². The fourth-order valence-corrected chi connectivity index (χ4v) is 2.44. The normalized spacial score (nSPS) is 10.5. The van der Waals surface area contributed by atoms with Gasteiger partial charge < -0.3 is 10.3 Å². The van der Waals surface area contributed by atoms with Crippen LogP contribution in [0.5, 0.6) is 0 Å². The minimum atomic E-state index is 0.0165. The van der Waals surface area contributed by atoms with Crippen molar-refractivity contribution in [3.63, 3.8) is 0 Å². The highest BCUT2D eigenvalue weighted by Gasteiger charge is 2.15. The summed E-state index contributed by atoms with van der Waals surface area (Å²) in [5, 5.41) is 0. The van der Waals surface area contributed by atoms with Gasteiger partial charge in [-0.3, -0.25) is 4.79 Å². The Bertz CT molecular complexity index is 760. The maximum absolute atomic E-state index is 12.7. The lowest BCUT2D eigenvalue weighted by Gasteiger charge is -2.12. The van der Waals surface area contributed by atoms with Gasteiger partial charge in [0.2, 0.25) is 0 Å². The van der Waals surface area contributed by atoms with Crippen molar-refractivity contribution in [1.82, 2.24) is 4.57 Å². The van der Waals surface area contributed by atoms with E-state index < -0.39 is 0 Å². The van der Waals surface area contributed by atoms with Crippen LogP contribution in [0, 0.1) is 0 Å². The minimum Gasteiger partial charge on any atom is -0.325 e. The molecule has 1 aromatic heterocycles. The van der Waals surface area contributed by atoms with E-state index in [9.17, 15) is 4.79 Å². The van der Waals surface area contributed by atoms with E-state index in [4.69, 9.17) is 5.73 Å². The second-order valence-corrected chi connectivity index (χ2v) is 4.79. The molecule has 0 atom stereocenters. The summed E-state index contributed by atoms with van der Waals surface area (Å²) in [5.41, 5.74) is 8.96. The fourth-order valence-electron chi connectivity index (χ4n) is 2.44. The van der Waals surface area contributed by atoms with Gasteiger partial charge in [0.25, 0.3) is 0 Å². The van der Waals surface area contributed by atoms with E-state index in [0.29, 0.717) is 17.7 Å². The van der Waals surface area contributed by atoms with Crippen molar-refractivity contribution in [2.24, 2.45) is 5.73 Å². The van der Waals surface area contributed by atoms with Gasteiger partial charge in [-0.2, -0.15) is 0 Å². The topological polar surface area (TPSA) is 48.0 Å². The zero-order valence-corrected chi connectivity index (χ0v) is 11.6. The molecule has 104 valence electrons. The van der Waals surface area contributed by atoms with Crippen LogP contribution in [0.1, 0.15) is 21.6 Å². The number of ketones is 1. The maximum Gasteiger partial charge on any atom is 0.195 e. The van der Waals surface area contributed by atoms with Gasteiger partial charge in [-0.1, -0.05) is 42.5 Å². The van der Waals surface area contributed by atoms with Crippen LogP contribution < -0.4 is 5.73 Å². The van der Waals surface area contributed by atoms with Gasteiger partial charge in [0.05, 0.1) is 5.69 Å². The molecule has 3 heteroatoms. The second-order valence-electron chi connectivity index (χ2n) is 4.79. The summed E-state index contributed by atoms with van der Waals surface area (Å²) < 4.78 is 1.97. The summed E-state index contributed by atoms with van der Waals surface area (Å²) >= 11 is 0. The van der Waals surface area contributed by atoms with Crippen LogP contribution in [0.15, 0.2) is 72.9 Å². The molecule has 3 nitrogen and oxygen atoms in total. The first kappa shape index (κ1) is 13.3. The van der Waals surface area contributed by atoms with Crippen molar-refractivity contribution in [1.29, 1.82) is 0 Å². The Balaban J connectivity index is 2.11. The van der Waals surface area contributed by atoms with Crippen LogP contribution in [0.25, 0.3) is 5.69 Å². The van der Waals surface area contributed by atoms with Crippen LogP contribution >= 0.6 is 0 Å². The molecule has 0 bridgehead atoms. The summed E-state index contributed by atoms with van der Waals surface area (Å²) in [5.74, 6) is 0.0165. The van der Waals surface area contributed by atoms with Gasteiger partial charge in [-0.05, 0) is 24.3 Å². The molecule has 21 heavy (non-hydrogen) atoms. The molecular formula is C18H16N2O. The number of rotatable bonds is 4. The van der Waals surface area contributed by atoms with E-state index in [1.165, 1.54) is 0 Å². The predicted molar refractivity (Wildman–Crippen MR) is 83.5 cm³/mol. The highest BCUT2D eigenvalue weighted by atomic mass is 16.1. The van der Waals surface area contributed by atoms with Gasteiger partial charge in [0.15, 0.2) is 5.78 Å². The summed E-state index contributed by atoms with van der Waals surface area (Å²) in [4.78, 5) is 12.7. The standard InChI is InChI=1S/C18H16N2O/c19-13-15-9-6-12-20(15)17-11-5-4-10-16(17)18(21)14-7-2-1-3-8-14/h1-12H,13,19H2. The highest BCUT2D eigenvalue weighted by Crippen LogP contribution is 2.20. The largest absolute Gasteiger partial charge is 0.325 e. The van der Waals surface area contributed by atoms with Crippen molar-refractivity contribution in [3.05, 3.63) is 89.7 Å². The number of para-hydroxylation sites is 1. The second kappa shape index (κ2) is 5.77. The molecule has 1 heterocycles. The van der Waals surface area contributed by atoms with E-state index in [-0.39, 0.29) is 5.78 Å².